The zero-order chi connectivity index (χ0) is 15.8. The highest BCUT2D eigenvalue weighted by molar-refractivity contribution is 7.14. The Bertz CT molecular complexity index is 953. The molecule has 0 bridgehead atoms. The van der Waals surface area contributed by atoms with Crippen molar-refractivity contribution in [3.63, 3.8) is 0 Å². The summed E-state index contributed by atoms with van der Waals surface area (Å²) in [6.45, 7) is 0. The van der Waals surface area contributed by atoms with Gasteiger partial charge in [0.1, 0.15) is 5.65 Å². The first-order chi connectivity index (χ1) is 11.2. The molecule has 0 aliphatic heterocycles. The Labute approximate surface area is 138 Å². The lowest BCUT2D eigenvalue weighted by Crippen LogP contribution is -2.07. The number of hydrogen-bond acceptors (Lipinski definition) is 4. The van der Waals surface area contributed by atoms with E-state index in [1.807, 2.05) is 49.6 Å². The quantitative estimate of drug-likeness (QED) is 0.608. The third-order valence-electron chi connectivity index (χ3n) is 3.79. The molecule has 4 rings (SSSR count). The van der Waals surface area contributed by atoms with E-state index in [9.17, 15) is 0 Å². The lowest BCUT2D eigenvalue weighted by Gasteiger charge is -2.05. The molecule has 0 saturated carbocycles. The highest BCUT2D eigenvalue weighted by Gasteiger charge is 2.12. The van der Waals surface area contributed by atoms with E-state index in [0.717, 1.165) is 33.0 Å². The van der Waals surface area contributed by atoms with E-state index in [0.29, 0.717) is 0 Å². The molecule has 4 nitrogen and oxygen atoms in total. The van der Waals surface area contributed by atoms with E-state index in [2.05, 4.69) is 33.5 Å². The summed E-state index contributed by atoms with van der Waals surface area (Å²) in [5.74, 6) is 0. The van der Waals surface area contributed by atoms with Crippen molar-refractivity contribution in [3.8, 4) is 22.4 Å². The lowest BCUT2D eigenvalue weighted by atomic mass is 10.1. The van der Waals surface area contributed by atoms with Crippen LogP contribution in [0.1, 0.15) is 0 Å². The molecule has 23 heavy (non-hydrogen) atoms. The van der Waals surface area contributed by atoms with E-state index in [4.69, 9.17) is 4.98 Å². The Hall–Kier alpha value is -2.66. The van der Waals surface area contributed by atoms with Crippen molar-refractivity contribution in [2.75, 3.05) is 19.0 Å². The Morgan fingerprint density at radius 1 is 1.09 bits per heavy atom. The molecular weight excluding hydrogens is 304 g/mol. The van der Waals surface area contributed by atoms with E-state index >= 15 is 0 Å². The molecule has 114 valence electrons. The molecule has 1 aromatic carbocycles. The topological polar surface area (TPSA) is 44.8 Å². The summed E-state index contributed by atoms with van der Waals surface area (Å²) in [5.41, 5.74) is 5.24. The first kappa shape index (κ1) is 14.0. The molecule has 3 aromatic heterocycles. The van der Waals surface area contributed by atoms with Crippen LogP contribution in [0.15, 0.2) is 54.2 Å². The van der Waals surface area contributed by atoms with Crippen molar-refractivity contribution in [2.24, 2.45) is 0 Å². The van der Waals surface area contributed by atoms with Gasteiger partial charge in [0.15, 0.2) is 5.13 Å². The molecule has 0 aliphatic carbocycles. The number of aromatic nitrogens is 3. The van der Waals surface area contributed by atoms with Gasteiger partial charge in [-0.25, -0.2) is 9.97 Å². The molecule has 0 saturated heterocycles. The fraction of sp³-hybridized carbons (Fsp3) is 0.111. The van der Waals surface area contributed by atoms with E-state index in [1.54, 1.807) is 11.3 Å². The van der Waals surface area contributed by atoms with Gasteiger partial charge in [-0.2, -0.15) is 0 Å². The molecule has 1 N–H and O–H groups in total. The highest BCUT2D eigenvalue weighted by Crippen LogP contribution is 2.33. The minimum absolute atomic E-state index is 0.888. The number of nitrogens with zero attached hydrogens (tertiary/aromatic N) is 3. The predicted octanol–water partition coefficient (Wildman–Crippen LogP) is 4.42. The maximum absolute atomic E-state index is 4.70. The average molecular weight is 320 g/mol. The van der Waals surface area contributed by atoms with Crippen LogP contribution in [0.2, 0.25) is 0 Å². The third kappa shape index (κ3) is 2.49. The summed E-state index contributed by atoms with van der Waals surface area (Å²) < 4.78 is 0. The van der Waals surface area contributed by atoms with Crippen molar-refractivity contribution < 1.29 is 0 Å². The van der Waals surface area contributed by atoms with E-state index < -0.39 is 0 Å². The molecule has 5 heteroatoms. The van der Waals surface area contributed by atoms with Crippen LogP contribution in [0.3, 0.4) is 0 Å². The molecule has 0 unspecified atom stereocenters. The maximum Gasteiger partial charge on any atom is 0.185 e. The molecule has 4 aromatic rings. The monoisotopic (exact) mass is 320 g/mol. The number of hydrogen-bond donors (Lipinski definition) is 1. The summed E-state index contributed by atoms with van der Waals surface area (Å²) in [7, 11) is 4.01. The van der Waals surface area contributed by atoms with Gasteiger partial charge in [0, 0.05) is 48.4 Å². The molecule has 0 fully saturated rings. The normalized spacial score (nSPS) is 11.0. The smallest absolute Gasteiger partial charge is 0.185 e. The summed E-state index contributed by atoms with van der Waals surface area (Å²) in [6.07, 6.45) is 3.89. The Kier molecular flexibility index (Phi) is 3.35. The number of aromatic amines is 1. The van der Waals surface area contributed by atoms with Gasteiger partial charge in [0.05, 0.1) is 5.69 Å². The first-order valence-electron chi connectivity index (χ1n) is 7.38. The predicted molar refractivity (Wildman–Crippen MR) is 97.0 cm³/mol. The van der Waals surface area contributed by atoms with Gasteiger partial charge >= 0.3 is 0 Å². The zero-order valence-corrected chi connectivity index (χ0v) is 13.8. The minimum atomic E-state index is 0.888. The summed E-state index contributed by atoms with van der Waals surface area (Å²) in [4.78, 5) is 14.5. The Morgan fingerprint density at radius 2 is 1.91 bits per heavy atom. The number of benzene rings is 1. The first-order valence-corrected chi connectivity index (χ1v) is 8.26. The number of pyridine rings is 1. The van der Waals surface area contributed by atoms with Gasteiger partial charge in [-0.3, -0.25) is 0 Å². The highest BCUT2D eigenvalue weighted by atomic mass is 32.1. The Balaban J connectivity index is 1.84. The SMILES string of the molecule is CN(C)c1nc(-c2c[nH]c3ncc(-c4ccccc4)cc23)cs1. The number of nitrogens with one attached hydrogen (secondary N) is 1. The van der Waals surface area contributed by atoms with Gasteiger partial charge in [0.25, 0.3) is 0 Å². The second-order valence-electron chi connectivity index (χ2n) is 5.60. The van der Waals surface area contributed by atoms with Crippen LogP contribution < -0.4 is 4.90 Å². The van der Waals surface area contributed by atoms with Gasteiger partial charge in [-0.1, -0.05) is 30.3 Å². The van der Waals surface area contributed by atoms with Crippen molar-refractivity contribution in [1.29, 1.82) is 0 Å². The zero-order valence-electron chi connectivity index (χ0n) is 12.9. The lowest BCUT2D eigenvalue weighted by molar-refractivity contribution is 1.11. The second-order valence-corrected chi connectivity index (χ2v) is 6.43. The largest absolute Gasteiger partial charge is 0.354 e. The molecule has 0 amide bonds. The minimum Gasteiger partial charge on any atom is -0.354 e. The van der Waals surface area contributed by atoms with Crippen molar-refractivity contribution in [2.45, 2.75) is 0 Å². The Morgan fingerprint density at radius 3 is 2.65 bits per heavy atom. The third-order valence-corrected chi connectivity index (χ3v) is 4.80. The fourth-order valence-electron chi connectivity index (χ4n) is 2.60. The van der Waals surface area contributed by atoms with E-state index in [-0.39, 0.29) is 0 Å². The van der Waals surface area contributed by atoms with Crippen molar-refractivity contribution >= 4 is 27.5 Å². The van der Waals surface area contributed by atoms with Crippen LogP contribution >= 0.6 is 11.3 Å². The standard InChI is InChI=1S/C18H16N4S/c1-22(2)18-21-16(11-23-18)15-10-20-17-14(15)8-13(9-19-17)12-6-4-3-5-7-12/h3-11H,1-2H3,(H,19,20). The molecule has 0 aliphatic rings. The van der Waals surface area contributed by atoms with Gasteiger partial charge in [-0.05, 0) is 11.6 Å². The molecule has 0 spiro atoms. The summed E-state index contributed by atoms with van der Waals surface area (Å²) >= 11 is 1.65. The number of fused-ring (bicyclic) bond motifs is 1. The van der Waals surface area contributed by atoms with Crippen LogP contribution in [-0.2, 0) is 0 Å². The van der Waals surface area contributed by atoms with Crippen molar-refractivity contribution in [1.82, 2.24) is 15.0 Å². The molecule has 0 radical (unpaired) electrons. The van der Waals surface area contributed by atoms with Crippen molar-refractivity contribution in [3.05, 3.63) is 54.2 Å². The maximum atomic E-state index is 4.70. The number of thiazole rings is 1. The van der Waals surface area contributed by atoms with Gasteiger partial charge in [0.2, 0.25) is 0 Å². The number of H-pyrrole nitrogens is 1. The molecule has 0 atom stereocenters. The summed E-state index contributed by atoms with van der Waals surface area (Å²) in [5, 5.41) is 4.19. The molecular formula is C18H16N4S. The van der Waals surface area contributed by atoms with Crippen LogP contribution in [0.25, 0.3) is 33.4 Å². The van der Waals surface area contributed by atoms with Crippen LogP contribution in [0.4, 0.5) is 5.13 Å². The average Bonchev–Trinajstić information content (AvgIpc) is 3.21. The second kappa shape index (κ2) is 5.52. The van der Waals surface area contributed by atoms with E-state index in [1.165, 1.54) is 5.56 Å². The van der Waals surface area contributed by atoms with Gasteiger partial charge < -0.3 is 9.88 Å². The number of anilines is 1. The van der Waals surface area contributed by atoms with Gasteiger partial charge in [-0.15, -0.1) is 11.3 Å². The summed E-state index contributed by atoms with van der Waals surface area (Å²) in [6, 6.07) is 12.5. The fourth-order valence-corrected chi connectivity index (χ4v) is 3.36. The van der Waals surface area contributed by atoms with Crippen LogP contribution in [0, 0.1) is 0 Å². The van der Waals surface area contributed by atoms with Crippen LogP contribution in [0.5, 0.6) is 0 Å². The van der Waals surface area contributed by atoms with Crippen LogP contribution in [-0.4, -0.2) is 29.0 Å². The number of rotatable bonds is 3. The molecule has 3 heterocycles.